The molecule has 1 saturated heterocycles. The first kappa shape index (κ1) is 15.2. The summed E-state index contributed by atoms with van der Waals surface area (Å²) in [5.41, 5.74) is 2.72. The highest BCUT2D eigenvalue weighted by Crippen LogP contribution is 2.13. The number of hydrazine groups is 1. The van der Waals surface area contributed by atoms with Crippen LogP contribution in [0.25, 0.3) is 0 Å². The molecule has 1 aliphatic rings. The number of ether oxygens (including phenoxy) is 1. The number of nitrogens with two attached hydrogens (primary N) is 1. The average Bonchev–Trinajstić information content (AvgIpc) is 2.35. The SMILES string of the molecule is COCCCN=C(NN)N1CC(C)N(C)C(C)C1. The van der Waals surface area contributed by atoms with Gasteiger partial charge in [-0.25, -0.2) is 5.84 Å². The van der Waals surface area contributed by atoms with Crippen molar-refractivity contribution >= 4 is 5.96 Å². The summed E-state index contributed by atoms with van der Waals surface area (Å²) in [5, 5.41) is 0. The van der Waals surface area contributed by atoms with Crippen molar-refractivity contribution in [2.24, 2.45) is 10.8 Å². The lowest BCUT2D eigenvalue weighted by atomic mass is 10.1. The zero-order valence-electron chi connectivity index (χ0n) is 12.0. The van der Waals surface area contributed by atoms with Crippen molar-refractivity contribution in [3.05, 3.63) is 0 Å². The topological polar surface area (TPSA) is 66.1 Å². The Morgan fingerprint density at radius 3 is 2.50 bits per heavy atom. The van der Waals surface area contributed by atoms with Crippen LogP contribution in [0.4, 0.5) is 0 Å². The predicted octanol–water partition coefficient (Wildman–Crippen LogP) is -0.133. The van der Waals surface area contributed by atoms with Gasteiger partial charge in [-0.3, -0.25) is 15.3 Å². The van der Waals surface area contributed by atoms with Crippen molar-refractivity contribution in [2.45, 2.75) is 32.4 Å². The third-order valence-corrected chi connectivity index (χ3v) is 3.56. The number of guanidine groups is 1. The summed E-state index contributed by atoms with van der Waals surface area (Å²) < 4.78 is 5.01. The molecule has 0 spiro atoms. The second-order valence-electron chi connectivity index (χ2n) is 4.96. The van der Waals surface area contributed by atoms with E-state index in [0.717, 1.165) is 38.6 Å². The Hall–Kier alpha value is -0.850. The van der Waals surface area contributed by atoms with Gasteiger partial charge in [0.2, 0.25) is 5.96 Å². The molecule has 1 fully saturated rings. The Morgan fingerprint density at radius 1 is 1.39 bits per heavy atom. The molecule has 1 aliphatic heterocycles. The highest BCUT2D eigenvalue weighted by Gasteiger charge is 2.27. The molecule has 1 heterocycles. The van der Waals surface area contributed by atoms with Crippen molar-refractivity contribution in [2.75, 3.05) is 40.4 Å². The average molecular weight is 257 g/mol. The molecular weight excluding hydrogens is 230 g/mol. The zero-order valence-corrected chi connectivity index (χ0v) is 12.0. The maximum absolute atomic E-state index is 5.58. The lowest BCUT2D eigenvalue weighted by molar-refractivity contribution is 0.0966. The molecule has 0 aromatic carbocycles. The molecule has 0 aromatic heterocycles. The summed E-state index contributed by atoms with van der Waals surface area (Å²) >= 11 is 0. The second kappa shape index (κ2) is 7.56. The fourth-order valence-electron chi connectivity index (χ4n) is 2.21. The Labute approximate surface area is 110 Å². The largest absolute Gasteiger partial charge is 0.385 e. The van der Waals surface area contributed by atoms with Crippen LogP contribution in [0.15, 0.2) is 4.99 Å². The molecule has 2 unspecified atom stereocenters. The van der Waals surface area contributed by atoms with Crippen LogP contribution in [0.1, 0.15) is 20.3 Å². The van der Waals surface area contributed by atoms with Crippen LogP contribution in [0.5, 0.6) is 0 Å². The predicted molar refractivity (Wildman–Crippen MR) is 74.4 cm³/mol. The molecule has 0 amide bonds. The van der Waals surface area contributed by atoms with Crippen LogP contribution in [0, 0.1) is 0 Å². The number of hydrogen-bond donors (Lipinski definition) is 2. The van der Waals surface area contributed by atoms with Gasteiger partial charge >= 0.3 is 0 Å². The number of nitrogens with zero attached hydrogens (tertiary/aromatic N) is 3. The van der Waals surface area contributed by atoms with Crippen LogP contribution in [0.3, 0.4) is 0 Å². The molecule has 106 valence electrons. The van der Waals surface area contributed by atoms with Crippen LogP contribution < -0.4 is 11.3 Å². The molecule has 0 saturated carbocycles. The number of hydrogen-bond acceptors (Lipinski definition) is 4. The quantitative estimate of drug-likeness (QED) is 0.241. The van der Waals surface area contributed by atoms with Gasteiger partial charge in [0, 0.05) is 45.4 Å². The molecular formula is C12H27N5O. The normalized spacial score (nSPS) is 26.5. The molecule has 2 atom stereocenters. The first-order chi connectivity index (χ1) is 8.60. The van der Waals surface area contributed by atoms with Crippen LogP contribution in [-0.4, -0.2) is 68.2 Å². The van der Waals surface area contributed by atoms with Crippen molar-refractivity contribution in [1.82, 2.24) is 15.2 Å². The number of methoxy groups -OCH3 is 1. The molecule has 0 aliphatic carbocycles. The number of piperazine rings is 1. The third-order valence-electron chi connectivity index (χ3n) is 3.56. The molecule has 3 N–H and O–H groups in total. The van der Waals surface area contributed by atoms with E-state index >= 15 is 0 Å². The second-order valence-corrected chi connectivity index (χ2v) is 4.96. The minimum atomic E-state index is 0.506. The van der Waals surface area contributed by atoms with Gasteiger partial charge in [-0.1, -0.05) is 0 Å². The van der Waals surface area contributed by atoms with Gasteiger partial charge < -0.3 is 9.64 Å². The summed E-state index contributed by atoms with van der Waals surface area (Å²) in [5.74, 6) is 6.37. The first-order valence-corrected chi connectivity index (χ1v) is 6.57. The molecule has 0 radical (unpaired) electrons. The van der Waals surface area contributed by atoms with Gasteiger partial charge in [-0.15, -0.1) is 0 Å². The Morgan fingerprint density at radius 2 is 2.00 bits per heavy atom. The van der Waals surface area contributed by atoms with Crippen molar-refractivity contribution in [3.8, 4) is 0 Å². The van der Waals surface area contributed by atoms with Crippen LogP contribution >= 0.6 is 0 Å². The monoisotopic (exact) mass is 257 g/mol. The van der Waals surface area contributed by atoms with Gasteiger partial charge in [-0.05, 0) is 27.3 Å². The molecule has 0 aromatic rings. The fourth-order valence-corrected chi connectivity index (χ4v) is 2.21. The van der Waals surface area contributed by atoms with E-state index in [9.17, 15) is 0 Å². The van der Waals surface area contributed by atoms with Gasteiger partial charge in [0.1, 0.15) is 0 Å². The van der Waals surface area contributed by atoms with E-state index in [2.05, 4.69) is 41.1 Å². The summed E-state index contributed by atoms with van der Waals surface area (Å²) in [6.45, 7) is 7.82. The number of likely N-dealkylation sites (N-methyl/N-ethyl adjacent to an activating group) is 1. The van der Waals surface area contributed by atoms with Gasteiger partial charge in [-0.2, -0.15) is 0 Å². The Kier molecular flexibility index (Phi) is 6.38. The van der Waals surface area contributed by atoms with Crippen molar-refractivity contribution in [3.63, 3.8) is 0 Å². The lowest BCUT2D eigenvalue weighted by Gasteiger charge is -2.43. The Bertz CT molecular complexity index is 259. The van der Waals surface area contributed by atoms with Crippen LogP contribution in [-0.2, 0) is 4.74 Å². The maximum Gasteiger partial charge on any atom is 0.208 e. The molecule has 1 rings (SSSR count). The van der Waals surface area contributed by atoms with Crippen molar-refractivity contribution in [1.29, 1.82) is 0 Å². The highest BCUT2D eigenvalue weighted by molar-refractivity contribution is 5.79. The van der Waals surface area contributed by atoms with E-state index in [1.807, 2.05) is 0 Å². The standard InChI is InChI=1S/C12H27N5O/c1-10-8-17(9-11(2)16(10)3)12(15-13)14-6-5-7-18-4/h10-11H,5-9,13H2,1-4H3,(H,14,15). The Balaban J connectivity index is 2.54. The van der Waals surface area contributed by atoms with E-state index in [1.54, 1.807) is 7.11 Å². The van der Waals surface area contributed by atoms with Gasteiger partial charge in [0.25, 0.3) is 0 Å². The molecule has 18 heavy (non-hydrogen) atoms. The smallest absolute Gasteiger partial charge is 0.208 e. The lowest BCUT2D eigenvalue weighted by Crippen LogP contribution is -2.59. The van der Waals surface area contributed by atoms with E-state index < -0.39 is 0 Å². The summed E-state index contributed by atoms with van der Waals surface area (Å²) in [6.07, 6.45) is 0.917. The minimum absolute atomic E-state index is 0.506. The van der Waals surface area contributed by atoms with E-state index in [1.165, 1.54) is 0 Å². The zero-order chi connectivity index (χ0) is 13.5. The van der Waals surface area contributed by atoms with Gasteiger partial charge in [0.15, 0.2) is 0 Å². The summed E-state index contributed by atoms with van der Waals surface area (Å²) in [4.78, 5) is 9.11. The van der Waals surface area contributed by atoms with Crippen LogP contribution in [0.2, 0.25) is 0 Å². The highest BCUT2D eigenvalue weighted by atomic mass is 16.5. The number of rotatable bonds is 4. The summed E-state index contributed by atoms with van der Waals surface area (Å²) in [6, 6.07) is 1.01. The molecule has 6 heteroatoms. The fraction of sp³-hybridized carbons (Fsp3) is 0.917. The third kappa shape index (κ3) is 4.12. The summed E-state index contributed by atoms with van der Waals surface area (Å²) in [7, 11) is 3.87. The van der Waals surface area contributed by atoms with E-state index in [0.29, 0.717) is 12.1 Å². The minimum Gasteiger partial charge on any atom is -0.385 e. The van der Waals surface area contributed by atoms with E-state index in [4.69, 9.17) is 10.6 Å². The molecule has 6 nitrogen and oxygen atoms in total. The van der Waals surface area contributed by atoms with E-state index in [-0.39, 0.29) is 0 Å². The number of aliphatic imine (C=N–C) groups is 1. The first-order valence-electron chi connectivity index (χ1n) is 6.57. The van der Waals surface area contributed by atoms with Crippen molar-refractivity contribution < 1.29 is 4.74 Å². The number of nitrogens with one attached hydrogen (secondary N) is 1. The van der Waals surface area contributed by atoms with Gasteiger partial charge in [0.05, 0.1) is 0 Å². The maximum atomic E-state index is 5.58. The molecule has 0 bridgehead atoms.